The van der Waals surface area contributed by atoms with Gasteiger partial charge in [-0.05, 0) is 6.42 Å². The van der Waals surface area contributed by atoms with Crippen molar-refractivity contribution in [2.45, 2.75) is 26.7 Å². The SMILES string of the molecule is CCC(C)C1=NCCCO1. The lowest BCUT2D eigenvalue weighted by Gasteiger charge is -2.17. The molecular weight excluding hydrogens is 126 g/mol. The van der Waals surface area contributed by atoms with Gasteiger partial charge >= 0.3 is 0 Å². The summed E-state index contributed by atoms with van der Waals surface area (Å²) in [5.74, 6) is 1.48. The lowest BCUT2D eigenvalue weighted by atomic mass is 10.1. The predicted molar refractivity (Wildman–Crippen MR) is 42.3 cm³/mol. The van der Waals surface area contributed by atoms with Gasteiger partial charge in [0.15, 0.2) is 5.90 Å². The van der Waals surface area contributed by atoms with Gasteiger partial charge in [0.25, 0.3) is 0 Å². The number of nitrogens with zero attached hydrogens (tertiary/aromatic N) is 1. The molecule has 0 radical (unpaired) electrons. The Morgan fingerprint density at radius 1 is 1.70 bits per heavy atom. The molecule has 1 heterocycles. The van der Waals surface area contributed by atoms with E-state index in [2.05, 4.69) is 18.8 Å². The monoisotopic (exact) mass is 141 g/mol. The van der Waals surface area contributed by atoms with Crippen LogP contribution in [0.5, 0.6) is 0 Å². The highest BCUT2D eigenvalue weighted by Crippen LogP contribution is 2.09. The molecule has 1 aliphatic heterocycles. The summed E-state index contributed by atoms with van der Waals surface area (Å²) in [4.78, 5) is 4.29. The van der Waals surface area contributed by atoms with E-state index in [0.717, 1.165) is 31.9 Å². The fourth-order valence-electron chi connectivity index (χ4n) is 0.949. The van der Waals surface area contributed by atoms with Crippen LogP contribution in [0.2, 0.25) is 0 Å². The maximum absolute atomic E-state index is 5.38. The predicted octanol–water partition coefficient (Wildman–Crippen LogP) is 1.85. The number of aliphatic imine (C=N–C) groups is 1. The molecule has 10 heavy (non-hydrogen) atoms. The summed E-state index contributed by atoms with van der Waals surface area (Å²) in [5.41, 5.74) is 0. The molecule has 0 aromatic carbocycles. The van der Waals surface area contributed by atoms with Gasteiger partial charge in [-0.15, -0.1) is 0 Å². The van der Waals surface area contributed by atoms with Gasteiger partial charge in [-0.3, -0.25) is 4.99 Å². The van der Waals surface area contributed by atoms with E-state index in [0.29, 0.717) is 5.92 Å². The molecule has 1 aliphatic rings. The summed E-state index contributed by atoms with van der Waals surface area (Å²) >= 11 is 0. The second-order valence-corrected chi connectivity index (χ2v) is 2.73. The Labute approximate surface area is 62.3 Å². The van der Waals surface area contributed by atoms with Crippen molar-refractivity contribution in [3.63, 3.8) is 0 Å². The molecule has 0 N–H and O–H groups in total. The lowest BCUT2D eigenvalue weighted by molar-refractivity contribution is 0.260. The van der Waals surface area contributed by atoms with E-state index in [1.165, 1.54) is 0 Å². The molecule has 0 saturated heterocycles. The van der Waals surface area contributed by atoms with Crippen LogP contribution in [0.15, 0.2) is 4.99 Å². The highest BCUT2D eigenvalue weighted by molar-refractivity contribution is 5.78. The normalized spacial score (nSPS) is 21.2. The summed E-state index contributed by atoms with van der Waals surface area (Å²) in [6, 6.07) is 0. The van der Waals surface area contributed by atoms with Gasteiger partial charge in [-0.25, -0.2) is 0 Å². The van der Waals surface area contributed by atoms with E-state index in [-0.39, 0.29) is 0 Å². The van der Waals surface area contributed by atoms with Crippen molar-refractivity contribution in [1.29, 1.82) is 0 Å². The van der Waals surface area contributed by atoms with Crippen LogP contribution in [-0.2, 0) is 4.74 Å². The van der Waals surface area contributed by atoms with Crippen LogP contribution in [-0.4, -0.2) is 19.0 Å². The third-order valence-corrected chi connectivity index (χ3v) is 1.85. The van der Waals surface area contributed by atoms with Crippen molar-refractivity contribution < 1.29 is 4.74 Å². The molecule has 0 fully saturated rings. The average Bonchev–Trinajstić information content (AvgIpc) is 2.05. The van der Waals surface area contributed by atoms with Crippen LogP contribution in [0, 0.1) is 5.92 Å². The van der Waals surface area contributed by atoms with Crippen molar-refractivity contribution in [2.24, 2.45) is 10.9 Å². The fourth-order valence-corrected chi connectivity index (χ4v) is 0.949. The van der Waals surface area contributed by atoms with Gasteiger partial charge in [-0.2, -0.15) is 0 Å². The molecule has 0 spiro atoms. The molecule has 0 saturated carbocycles. The summed E-state index contributed by atoms with van der Waals surface area (Å²) in [6.07, 6.45) is 2.21. The first-order valence-corrected chi connectivity index (χ1v) is 4.01. The third kappa shape index (κ3) is 1.72. The maximum Gasteiger partial charge on any atom is 0.186 e. The first-order chi connectivity index (χ1) is 4.84. The minimum atomic E-state index is 0.514. The zero-order valence-electron chi connectivity index (χ0n) is 6.76. The Morgan fingerprint density at radius 2 is 2.50 bits per heavy atom. The first kappa shape index (κ1) is 7.58. The molecule has 0 bridgehead atoms. The Hall–Kier alpha value is -0.530. The van der Waals surface area contributed by atoms with E-state index in [9.17, 15) is 0 Å². The Morgan fingerprint density at radius 3 is 3.00 bits per heavy atom. The molecular formula is C8H15NO. The molecule has 2 nitrogen and oxygen atoms in total. The number of rotatable bonds is 2. The van der Waals surface area contributed by atoms with Crippen LogP contribution in [0.4, 0.5) is 0 Å². The van der Waals surface area contributed by atoms with Gasteiger partial charge < -0.3 is 4.74 Å². The van der Waals surface area contributed by atoms with E-state index < -0.39 is 0 Å². The Kier molecular flexibility index (Phi) is 2.72. The fraction of sp³-hybridized carbons (Fsp3) is 0.875. The molecule has 58 valence electrons. The van der Waals surface area contributed by atoms with Crippen molar-refractivity contribution in [1.82, 2.24) is 0 Å². The minimum Gasteiger partial charge on any atom is -0.481 e. The third-order valence-electron chi connectivity index (χ3n) is 1.85. The zero-order valence-corrected chi connectivity index (χ0v) is 6.76. The van der Waals surface area contributed by atoms with E-state index in [1.54, 1.807) is 0 Å². The van der Waals surface area contributed by atoms with E-state index >= 15 is 0 Å². The molecule has 0 aromatic rings. The lowest BCUT2D eigenvalue weighted by Crippen LogP contribution is -2.20. The smallest absolute Gasteiger partial charge is 0.186 e. The largest absolute Gasteiger partial charge is 0.481 e. The summed E-state index contributed by atoms with van der Waals surface area (Å²) in [5, 5.41) is 0. The number of ether oxygens (including phenoxy) is 1. The highest BCUT2D eigenvalue weighted by Gasteiger charge is 2.11. The number of hydrogen-bond acceptors (Lipinski definition) is 2. The standard InChI is InChI=1S/C8H15NO/c1-3-7(2)8-9-5-4-6-10-8/h7H,3-6H2,1-2H3. The van der Waals surface area contributed by atoms with Gasteiger partial charge in [0, 0.05) is 18.9 Å². The van der Waals surface area contributed by atoms with Gasteiger partial charge in [0.05, 0.1) is 6.61 Å². The van der Waals surface area contributed by atoms with Crippen LogP contribution >= 0.6 is 0 Å². The number of hydrogen-bond donors (Lipinski definition) is 0. The van der Waals surface area contributed by atoms with Gasteiger partial charge in [0.1, 0.15) is 0 Å². The molecule has 1 atom stereocenters. The van der Waals surface area contributed by atoms with Crippen molar-refractivity contribution in [3.05, 3.63) is 0 Å². The summed E-state index contributed by atoms with van der Waals surface area (Å²) < 4.78 is 5.38. The van der Waals surface area contributed by atoms with Crippen LogP contribution in [0.25, 0.3) is 0 Å². The van der Waals surface area contributed by atoms with E-state index in [4.69, 9.17) is 4.74 Å². The van der Waals surface area contributed by atoms with Crippen LogP contribution in [0.3, 0.4) is 0 Å². The molecule has 2 heteroatoms. The van der Waals surface area contributed by atoms with Gasteiger partial charge in [0.2, 0.25) is 0 Å². The van der Waals surface area contributed by atoms with Crippen molar-refractivity contribution >= 4 is 5.90 Å². The van der Waals surface area contributed by atoms with Crippen LogP contribution < -0.4 is 0 Å². The summed E-state index contributed by atoms with van der Waals surface area (Å²) in [7, 11) is 0. The molecule has 0 aromatic heterocycles. The quantitative estimate of drug-likeness (QED) is 0.575. The molecule has 1 rings (SSSR count). The van der Waals surface area contributed by atoms with Crippen LogP contribution in [0.1, 0.15) is 26.7 Å². The Balaban J connectivity index is 2.44. The van der Waals surface area contributed by atoms with E-state index in [1.807, 2.05) is 0 Å². The maximum atomic E-state index is 5.38. The second kappa shape index (κ2) is 3.59. The molecule has 1 unspecified atom stereocenters. The van der Waals surface area contributed by atoms with Crippen molar-refractivity contribution in [2.75, 3.05) is 13.2 Å². The van der Waals surface area contributed by atoms with Gasteiger partial charge in [-0.1, -0.05) is 13.8 Å². The minimum absolute atomic E-state index is 0.514. The average molecular weight is 141 g/mol. The second-order valence-electron chi connectivity index (χ2n) is 2.73. The Bertz CT molecular complexity index is 131. The first-order valence-electron chi connectivity index (χ1n) is 4.01. The molecule has 0 aliphatic carbocycles. The zero-order chi connectivity index (χ0) is 7.40. The molecule has 0 amide bonds. The topological polar surface area (TPSA) is 21.6 Å². The highest BCUT2D eigenvalue weighted by atomic mass is 16.5. The van der Waals surface area contributed by atoms with Crippen molar-refractivity contribution in [3.8, 4) is 0 Å². The summed E-state index contributed by atoms with van der Waals surface area (Å²) in [6.45, 7) is 6.14.